The lowest BCUT2D eigenvalue weighted by Crippen LogP contribution is -2.38. The highest BCUT2D eigenvalue weighted by Crippen LogP contribution is 2.43. The molecule has 0 bridgehead atoms. The van der Waals surface area contributed by atoms with E-state index in [1.807, 2.05) is 41.7 Å². The fourth-order valence-corrected chi connectivity index (χ4v) is 7.25. The van der Waals surface area contributed by atoms with Gasteiger partial charge in [0.25, 0.3) is 0 Å². The third kappa shape index (κ3) is 4.81. The summed E-state index contributed by atoms with van der Waals surface area (Å²) in [4.78, 5) is 12.0. The van der Waals surface area contributed by atoms with Crippen LogP contribution in [-0.2, 0) is 9.84 Å². The number of carbonyl (C=O) groups excluding carboxylic acids is 1. The van der Waals surface area contributed by atoms with Crippen LogP contribution in [-0.4, -0.2) is 43.5 Å². The Kier molecular flexibility index (Phi) is 5.43. The third-order valence-corrected chi connectivity index (χ3v) is 8.59. The van der Waals surface area contributed by atoms with Crippen molar-refractivity contribution in [2.45, 2.75) is 23.5 Å². The Morgan fingerprint density at radius 1 is 1.22 bits per heavy atom. The first-order valence-electron chi connectivity index (χ1n) is 7.63. The molecule has 1 aromatic rings. The number of rotatable bonds is 3. The number of amides is 2. The number of hydrogen-bond donors (Lipinski definition) is 2. The van der Waals surface area contributed by atoms with Gasteiger partial charge in [0.1, 0.15) is 0 Å². The normalized spacial score (nSPS) is 24.3. The molecular weight excluding hydrogens is 352 g/mol. The highest BCUT2D eigenvalue weighted by Gasteiger charge is 2.28. The van der Waals surface area contributed by atoms with Crippen molar-refractivity contribution in [1.82, 2.24) is 5.32 Å². The SMILES string of the molecule is O=C(Nc1cccc(C2SCCCS2)c1)NC1CCS(=O)(=O)C1. The summed E-state index contributed by atoms with van der Waals surface area (Å²) >= 11 is 3.88. The molecule has 2 saturated heterocycles. The minimum Gasteiger partial charge on any atom is -0.334 e. The third-order valence-electron chi connectivity index (χ3n) is 3.81. The fraction of sp³-hybridized carbons (Fsp3) is 0.533. The number of thioether (sulfide) groups is 2. The van der Waals surface area contributed by atoms with E-state index in [0.29, 0.717) is 11.0 Å². The summed E-state index contributed by atoms with van der Waals surface area (Å²) in [6.45, 7) is 0. The number of benzene rings is 1. The number of carbonyl (C=O) groups is 1. The van der Waals surface area contributed by atoms with Gasteiger partial charge < -0.3 is 10.6 Å². The molecule has 2 aliphatic rings. The Bertz CT molecular complexity index is 672. The second-order valence-electron chi connectivity index (χ2n) is 5.75. The molecule has 1 atom stereocenters. The van der Waals surface area contributed by atoms with E-state index < -0.39 is 9.84 Å². The zero-order chi connectivity index (χ0) is 16.3. The van der Waals surface area contributed by atoms with E-state index in [0.717, 1.165) is 5.69 Å². The lowest BCUT2D eigenvalue weighted by atomic mass is 10.2. The van der Waals surface area contributed by atoms with E-state index in [2.05, 4.69) is 16.7 Å². The molecule has 8 heteroatoms. The molecule has 0 radical (unpaired) electrons. The first kappa shape index (κ1) is 17.0. The summed E-state index contributed by atoms with van der Waals surface area (Å²) < 4.78 is 23.3. The van der Waals surface area contributed by atoms with Crippen molar-refractivity contribution in [3.8, 4) is 0 Å². The second-order valence-corrected chi connectivity index (χ2v) is 10.7. The number of nitrogens with one attached hydrogen (secondary N) is 2. The van der Waals surface area contributed by atoms with Crippen LogP contribution in [0.1, 0.15) is 23.0 Å². The van der Waals surface area contributed by atoms with Crippen LogP contribution in [0.4, 0.5) is 10.5 Å². The van der Waals surface area contributed by atoms with Crippen LogP contribution in [0.2, 0.25) is 0 Å². The Morgan fingerprint density at radius 2 is 2.00 bits per heavy atom. The predicted octanol–water partition coefficient (Wildman–Crippen LogP) is 2.86. The van der Waals surface area contributed by atoms with Crippen LogP contribution in [0.5, 0.6) is 0 Å². The molecule has 2 amide bonds. The van der Waals surface area contributed by atoms with Gasteiger partial charge in [0.2, 0.25) is 0 Å². The van der Waals surface area contributed by atoms with Crippen molar-refractivity contribution in [3.63, 3.8) is 0 Å². The van der Waals surface area contributed by atoms with Crippen LogP contribution < -0.4 is 10.6 Å². The first-order valence-corrected chi connectivity index (χ1v) is 11.5. The summed E-state index contributed by atoms with van der Waals surface area (Å²) in [6, 6.07) is 7.26. The molecule has 23 heavy (non-hydrogen) atoms. The molecule has 2 N–H and O–H groups in total. The van der Waals surface area contributed by atoms with Gasteiger partial charge in [-0.05, 0) is 42.0 Å². The highest BCUT2D eigenvalue weighted by atomic mass is 32.2. The highest BCUT2D eigenvalue weighted by molar-refractivity contribution is 8.16. The van der Waals surface area contributed by atoms with E-state index in [1.54, 1.807) is 0 Å². The van der Waals surface area contributed by atoms with Gasteiger partial charge in [-0.15, -0.1) is 23.5 Å². The van der Waals surface area contributed by atoms with Gasteiger partial charge in [0.15, 0.2) is 9.84 Å². The van der Waals surface area contributed by atoms with Crippen molar-refractivity contribution in [3.05, 3.63) is 29.8 Å². The zero-order valence-corrected chi connectivity index (χ0v) is 15.1. The lowest BCUT2D eigenvalue weighted by molar-refractivity contribution is 0.249. The molecule has 1 aromatic carbocycles. The van der Waals surface area contributed by atoms with Crippen molar-refractivity contribution in [2.75, 3.05) is 28.3 Å². The van der Waals surface area contributed by atoms with Crippen molar-refractivity contribution in [1.29, 1.82) is 0 Å². The molecule has 2 aliphatic heterocycles. The second kappa shape index (κ2) is 7.36. The molecule has 2 fully saturated rings. The number of hydrogen-bond acceptors (Lipinski definition) is 5. The van der Waals surface area contributed by atoms with Gasteiger partial charge in [-0.3, -0.25) is 0 Å². The molecule has 5 nitrogen and oxygen atoms in total. The summed E-state index contributed by atoms with van der Waals surface area (Å²) in [7, 11) is -2.98. The van der Waals surface area contributed by atoms with Crippen molar-refractivity contribution in [2.24, 2.45) is 0 Å². The number of anilines is 1. The Labute approximate surface area is 145 Å². The van der Waals surface area contributed by atoms with Crippen LogP contribution in [0.3, 0.4) is 0 Å². The van der Waals surface area contributed by atoms with Crippen molar-refractivity contribution >= 4 is 45.1 Å². The Morgan fingerprint density at radius 3 is 2.70 bits per heavy atom. The maximum Gasteiger partial charge on any atom is 0.319 e. The van der Waals surface area contributed by atoms with Crippen molar-refractivity contribution < 1.29 is 13.2 Å². The van der Waals surface area contributed by atoms with E-state index in [9.17, 15) is 13.2 Å². The molecule has 126 valence electrons. The molecule has 3 rings (SSSR count). The summed E-state index contributed by atoms with van der Waals surface area (Å²) in [5.41, 5.74) is 1.95. The van der Waals surface area contributed by atoms with Crippen LogP contribution in [0, 0.1) is 0 Å². The standard InChI is InChI=1S/C15H20N2O3S3/c18-15(17-13-5-8-23(19,20)10-13)16-12-4-1-3-11(9-12)14-21-6-2-7-22-14/h1,3-4,9,13-14H,2,5-8,10H2,(H2,16,17,18). The average molecular weight is 373 g/mol. The minimum absolute atomic E-state index is 0.0375. The van der Waals surface area contributed by atoms with E-state index in [1.165, 1.54) is 23.5 Å². The number of sulfone groups is 1. The first-order chi connectivity index (χ1) is 11.0. The Hall–Kier alpha value is -0.860. The largest absolute Gasteiger partial charge is 0.334 e. The minimum atomic E-state index is -2.98. The molecule has 2 heterocycles. The molecule has 1 unspecified atom stereocenters. The zero-order valence-electron chi connectivity index (χ0n) is 12.7. The lowest BCUT2D eigenvalue weighted by Gasteiger charge is -2.21. The van der Waals surface area contributed by atoms with Crippen LogP contribution in [0.25, 0.3) is 0 Å². The fourth-order valence-electron chi connectivity index (χ4n) is 2.70. The topological polar surface area (TPSA) is 75.3 Å². The van der Waals surface area contributed by atoms with Gasteiger partial charge in [-0.25, -0.2) is 13.2 Å². The van der Waals surface area contributed by atoms with Gasteiger partial charge in [-0.1, -0.05) is 12.1 Å². The molecule has 0 aromatic heterocycles. The molecular formula is C15H20N2O3S3. The molecule has 0 spiro atoms. The maximum absolute atomic E-state index is 12.0. The van der Waals surface area contributed by atoms with Crippen LogP contribution >= 0.6 is 23.5 Å². The quantitative estimate of drug-likeness (QED) is 0.853. The van der Waals surface area contributed by atoms with Gasteiger partial charge in [0.05, 0.1) is 16.1 Å². The van der Waals surface area contributed by atoms with Gasteiger partial charge in [0, 0.05) is 11.7 Å². The molecule has 0 saturated carbocycles. The Balaban J connectivity index is 1.58. The van der Waals surface area contributed by atoms with E-state index >= 15 is 0 Å². The van der Waals surface area contributed by atoms with Gasteiger partial charge in [-0.2, -0.15) is 0 Å². The average Bonchev–Trinajstić information content (AvgIpc) is 2.87. The van der Waals surface area contributed by atoms with E-state index in [-0.39, 0.29) is 23.6 Å². The van der Waals surface area contributed by atoms with Crippen LogP contribution in [0.15, 0.2) is 24.3 Å². The summed E-state index contributed by atoms with van der Waals surface area (Å²) in [6.07, 6.45) is 1.74. The summed E-state index contributed by atoms with van der Waals surface area (Å²) in [5, 5.41) is 5.55. The summed E-state index contributed by atoms with van der Waals surface area (Å²) in [5.74, 6) is 2.54. The van der Waals surface area contributed by atoms with Gasteiger partial charge >= 0.3 is 6.03 Å². The van der Waals surface area contributed by atoms with E-state index in [4.69, 9.17) is 0 Å². The predicted molar refractivity (Wildman–Crippen MR) is 97.9 cm³/mol. The monoisotopic (exact) mass is 372 g/mol. The maximum atomic E-state index is 12.0. The smallest absolute Gasteiger partial charge is 0.319 e. The number of urea groups is 1. The molecule has 0 aliphatic carbocycles.